The van der Waals surface area contributed by atoms with Crippen LogP contribution in [0.25, 0.3) is 0 Å². The number of urea groups is 1. The van der Waals surface area contributed by atoms with E-state index in [0.29, 0.717) is 24.4 Å². The Morgan fingerprint density at radius 2 is 2.04 bits per heavy atom. The average Bonchev–Trinajstić information content (AvgIpc) is 3.12. The van der Waals surface area contributed by atoms with E-state index >= 15 is 0 Å². The number of anilines is 1. The summed E-state index contributed by atoms with van der Waals surface area (Å²) < 4.78 is 5.54. The second-order valence-corrected chi connectivity index (χ2v) is 6.06. The molecule has 3 rings (SSSR count). The first-order valence-electron chi connectivity index (χ1n) is 8.50. The molecule has 7 nitrogen and oxygen atoms in total. The number of carbonyl (C=O) groups excluding carboxylic acids is 3. The summed E-state index contributed by atoms with van der Waals surface area (Å²) >= 11 is 0. The largest absolute Gasteiger partial charge is 0.376 e. The first kappa shape index (κ1) is 17.3. The van der Waals surface area contributed by atoms with Crippen molar-refractivity contribution in [3.05, 3.63) is 30.3 Å². The summed E-state index contributed by atoms with van der Waals surface area (Å²) in [5.74, 6) is -2.26. The van der Waals surface area contributed by atoms with Gasteiger partial charge in [0.2, 0.25) is 5.91 Å². The van der Waals surface area contributed by atoms with Crippen molar-refractivity contribution < 1.29 is 19.1 Å². The third kappa shape index (κ3) is 3.61. The maximum Gasteiger partial charge on any atom is 0.335 e. The molecule has 0 bridgehead atoms. The molecule has 7 heteroatoms. The van der Waals surface area contributed by atoms with Gasteiger partial charge in [-0.3, -0.25) is 19.9 Å². The molecule has 1 aromatic rings. The summed E-state index contributed by atoms with van der Waals surface area (Å²) in [6, 6.07) is 7.83. The van der Waals surface area contributed by atoms with Gasteiger partial charge >= 0.3 is 6.03 Å². The highest BCUT2D eigenvalue weighted by Crippen LogP contribution is 2.22. The molecule has 1 aromatic carbocycles. The van der Waals surface area contributed by atoms with E-state index in [-0.39, 0.29) is 6.10 Å². The van der Waals surface area contributed by atoms with Crippen LogP contribution < -0.4 is 10.2 Å². The Kier molecular flexibility index (Phi) is 5.23. The zero-order valence-electron chi connectivity index (χ0n) is 14.1. The van der Waals surface area contributed by atoms with Crippen LogP contribution in [0.1, 0.15) is 26.2 Å². The molecular formula is C18H21N3O4. The Hall–Kier alpha value is -2.54. The molecule has 2 aliphatic rings. The number of rotatable bonds is 5. The molecule has 25 heavy (non-hydrogen) atoms. The smallest absolute Gasteiger partial charge is 0.335 e. The number of ether oxygens (including phenoxy) is 1. The lowest BCUT2D eigenvalue weighted by atomic mass is 9.96. The molecule has 2 heterocycles. The highest BCUT2D eigenvalue weighted by Gasteiger charge is 2.43. The number of para-hydroxylation sites is 1. The van der Waals surface area contributed by atoms with Gasteiger partial charge in [-0.2, -0.15) is 0 Å². The standard InChI is InChI=1S/C18H21N3O4/c1-2-14(19-11-13-9-6-10-25-13)15-16(22)20-18(24)21(17(15)23)12-7-4-3-5-8-12/h3-5,7-8,13,15H,2,6,9-11H2,1H3,(H,20,22,24)/t13-,15?/m1/s1. The molecule has 4 amide bonds. The summed E-state index contributed by atoms with van der Waals surface area (Å²) in [5.41, 5.74) is 0.906. The summed E-state index contributed by atoms with van der Waals surface area (Å²) in [6.07, 6.45) is 2.42. The number of imide groups is 2. The number of nitrogens with one attached hydrogen (secondary N) is 1. The van der Waals surface area contributed by atoms with Gasteiger partial charge < -0.3 is 4.74 Å². The predicted molar refractivity (Wildman–Crippen MR) is 92.5 cm³/mol. The van der Waals surface area contributed by atoms with E-state index in [2.05, 4.69) is 10.3 Å². The van der Waals surface area contributed by atoms with Crippen molar-refractivity contribution in [2.24, 2.45) is 10.9 Å². The van der Waals surface area contributed by atoms with Gasteiger partial charge in [0.1, 0.15) is 0 Å². The molecule has 1 unspecified atom stereocenters. The monoisotopic (exact) mass is 343 g/mol. The minimum atomic E-state index is -1.08. The van der Waals surface area contributed by atoms with Gasteiger partial charge in [-0.25, -0.2) is 9.69 Å². The zero-order chi connectivity index (χ0) is 17.8. The van der Waals surface area contributed by atoms with Gasteiger partial charge in [0.25, 0.3) is 5.91 Å². The normalized spacial score (nSPS) is 24.6. The molecule has 2 atom stereocenters. The number of benzene rings is 1. The van der Waals surface area contributed by atoms with Crippen molar-refractivity contribution in [2.45, 2.75) is 32.3 Å². The number of amides is 4. The first-order chi connectivity index (χ1) is 12.1. The van der Waals surface area contributed by atoms with Crippen LogP contribution in [0.4, 0.5) is 10.5 Å². The van der Waals surface area contributed by atoms with Gasteiger partial charge in [-0.05, 0) is 31.4 Å². The molecule has 0 aliphatic carbocycles. The fourth-order valence-corrected chi connectivity index (χ4v) is 3.10. The summed E-state index contributed by atoms with van der Waals surface area (Å²) in [7, 11) is 0. The van der Waals surface area contributed by atoms with Crippen LogP contribution in [-0.2, 0) is 14.3 Å². The van der Waals surface area contributed by atoms with Crippen molar-refractivity contribution in [3.63, 3.8) is 0 Å². The van der Waals surface area contributed by atoms with Crippen molar-refractivity contribution >= 4 is 29.2 Å². The average molecular weight is 343 g/mol. The lowest BCUT2D eigenvalue weighted by Gasteiger charge is -2.30. The lowest BCUT2D eigenvalue weighted by Crippen LogP contribution is -2.60. The number of barbiturate groups is 1. The molecule has 132 valence electrons. The summed E-state index contributed by atoms with van der Waals surface area (Å²) in [5, 5.41) is 2.27. The lowest BCUT2D eigenvalue weighted by molar-refractivity contribution is -0.131. The molecule has 0 spiro atoms. The fourth-order valence-electron chi connectivity index (χ4n) is 3.10. The molecule has 0 radical (unpaired) electrons. The van der Waals surface area contributed by atoms with Crippen molar-refractivity contribution in [1.82, 2.24) is 5.32 Å². The van der Waals surface area contributed by atoms with E-state index in [1.165, 1.54) is 0 Å². The van der Waals surface area contributed by atoms with Gasteiger partial charge in [0.05, 0.1) is 18.3 Å². The maximum absolute atomic E-state index is 12.9. The molecule has 2 saturated heterocycles. The zero-order valence-corrected chi connectivity index (χ0v) is 14.1. The van der Waals surface area contributed by atoms with Crippen LogP contribution >= 0.6 is 0 Å². The Morgan fingerprint density at radius 3 is 2.68 bits per heavy atom. The molecule has 2 aliphatic heterocycles. The van der Waals surface area contributed by atoms with Gasteiger partial charge in [-0.1, -0.05) is 25.1 Å². The fraction of sp³-hybridized carbons (Fsp3) is 0.444. The van der Waals surface area contributed by atoms with Gasteiger partial charge in [-0.15, -0.1) is 0 Å². The van der Waals surface area contributed by atoms with Crippen molar-refractivity contribution in [2.75, 3.05) is 18.1 Å². The number of hydrogen-bond donors (Lipinski definition) is 1. The van der Waals surface area contributed by atoms with Crippen LogP contribution in [0, 0.1) is 5.92 Å². The van der Waals surface area contributed by atoms with Crippen LogP contribution in [0.5, 0.6) is 0 Å². The summed E-state index contributed by atoms with van der Waals surface area (Å²) in [6.45, 7) is 3.00. The maximum atomic E-state index is 12.9. The summed E-state index contributed by atoms with van der Waals surface area (Å²) in [4.78, 5) is 42.8. The van der Waals surface area contributed by atoms with E-state index in [4.69, 9.17) is 4.74 Å². The van der Waals surface area contributed by atoms with E-state index in [9.17, 15) is 14.4 Å². The van der Waals surface area contributed by atoms with Crippen LogP contribution in [0.2, 0.25) is 0 Å². The minimum absolute atomic E-state index is 0.0372. The molecule has 0 aromatic heterocycles. The second kappa shape index (κ2) is 7.57. The molecule has 0 saturated carbocycles. The SMILES string of the molecule is CCC(=NC[C@H]1CCCO1)C1C(=O)NC(=O)N(c2ccccc2)C1=O. The highest BCUT2D eigenvalue weighted by molar-refractivity contribution is 6.35. The second-order valence-electron chi connectivity index (χ2n) is 6.06. The van der Waals surface area contributed by atoms with Gasteiger partial charge in [0, 0.05) is 12.3 Å². The number of aliphatic imine (C=N–C) groups is 1. The third-order valence-electron chi connectivity index (χ3n) is 4.39. The van der Waals surface area contributed by atoms with E-state index in [0.717, 1.165) is 24.3 Å². The first-order valence-corrected chi connectivity index (χ1v) is 8.50. The van der Waals surface area contributed by atoms with E-state index < -0.39 is 23.8 Å². The Morgan fingerprint density at radius 1 is 1.28 bits per heavy atom. The third-order valence-corrected chi connectivity index (χ3v) is 4.39. The van der Waals surface area contributed by atoms with Crippen molar-refractivity contribution in [3.8, 4) is 0 Å². The Labute approximate surface area is 146 Å². The number of hydrogen-bond acceptors (Lipinski definition) is 5. The minimum Gasteiger partial charge on any atom is -0.376 e. The van der Waals surface area contributed by atoms with Crippen LogP contribution in [-0.4, -0.2) is 42.8 Å². The van der Waals surface area contributed by atoms with E-state index in [1.807, 2.05) is 6.92 Å². The van der Waals surface area contributed by atoms with E-state index in [1.54, 1.807) is 30.3 Å². The number of nitrogens with zero attached hydrogens (tertiary/aromatic N) is 2. The topological polar surface area (TPSA) is 88.1 Å². The highest BCUT2D eigenvalue weighted by atomic mass is 16.5. The Balaban J connectivity index is 1.85. The Bertz CT molecular complexity index is 696. The quantitative estimate of drug-likeness (QED) is 0.653. The number of carbonyl (C=O) groups is 3. The van der Waals surface area contributed by atoms with Crippen LogP contribution in [0.3, 0.4) is 0 Å². The molecular weight excluding hydrogens is 322 g/mol. The predicted octanol–water partition coefficient (Wildman–Crippen LogP) is 1.92. The van der Waals surface area contributed by atoms with Gasteiger partial charge in [0.15, 0.2) is 5.92 Å². The van der Waals surface area contributed by atoms with Crippen molar-refractivity contribution in [1.29, 1.82) is 0 Å². The van der Waals surface area contributed by atoms with Crippen LogP contribution in [0.15, 0.2) is 35.3 Å². The molecule has 2 fully saturated rings. The molecule has 1 N–H and O–H groups in total.